The summed E-state index contributed by atoms with van der Waals surface area (Å²) < 4.78 is 10.6. The van der Waals surface area contributed by atoms with Crippen LogP contribution in [0.4, 0.5) is 0 Å². The largest absolute Gasteiger partial charge is 0.493 e. The van der Waals surface area contributed by atoms with Gasteiger partial charge >= 0.3 is 0 Å². The zero-order valence-corrected chi connectivity index (χ0v) is 14.7. The molecule has 1 aliphatic heterocycles. The summed E-state index contributed by atoms with van der Waals surface area (Å²) in [6.07, 6.45) is 1.94. The lowest BCUT2D eigenvalue weighted by atomic mass is 10.0. The Labute approximate surface area is 143 Å². The molecule has 2 heterocycles. The number of thioether (sulfide) groups is 1. The monoisotopic (exact) mass is 346 g/mol. The molecule has 7 heteroatoms. The minimum Gasteiger partial charge on any atom is -0.493 e. The molecule has 0 bridgehead atoms. The Balaban J connectivity index is 2.26. The van der Waals surface area contributed by atoms with Crippen molar-refractivity contribution in [3.05, 3.63) is 45.7 Å². The number of rotatable bonds is 4. The van der Waals surface area contributed by atoms with Crippen LogP contribution in [0.1, 0.15) is 21.3 Å². The molecule has 0 fully saturated rings. The highest BCUT2D eigenvalue weighted by molar-refractivity contribution is 7.98. The predicted molar refractivity (Wildman–Crippen MR) is 94.0 cm³/mol. The Morgan fingerprint density at radius 2 is 1.83 bits per heavy atom. The average molecular weight is 346 g/mol. The zero-order valence-electron chi connectivity index (χ0n) is 13.9. The number of methoxy groups -OCH3 is 2. The minimum atomic E-state index is -0.304. The average Bonchev–Trinajstić information content (AvgIpc) is 2.84. The first-order chi connectivity index (χ1) is 11.5. The highest BCUT2D eigenvalue weighted by atomic mass is 32.2. The number of nitrogens with zero attached hydrogens (tertiary/aromatic N) is 1. The van der Waals surface area contributed by atoms with Gasteiger partial charge in [-0.1, -0.05) is 0 Å². The van der Waals surface area contributed by atoms with Crippen molar-refractivity contribution in [1.82, 2.24) is 9.88 Å². The van der Waals surface area contributed by atoms with E-state index >= 15 is 0 Å². The molecule has 3 rings (SSSR count). The Bertz CT molecular complexity index is 862. The van der Waals surface area contributed by atoms with E-state index in [0.717, 1.165) is 11.1 Å². The lowest BCUT2D eigenvalue weighted by Gasteiger charge is -2.20. The van der Waals surface area contributed by atoms with Crippen molar-refractivity contribution in [1.29, 1.82) is 0 Å². The van der Waals surface area contributed by atoms with Gasteiger partial charge in [0.25, 0.3) is 5.91 Å². The molecule has 1 atom stereocenters. The van der Waals surface area contributed by atoms with Crippen molar-refractivity contribution >= 4 is 17.7 Å². The Kier molecular flexibility index (Phi) is 4.28. The summed E-state index contributed by atoms with van der Waals surface area (Å²) in [7, 11) is 4.87. The molecular formula is C17H18N2O4S. The molecule has 1 aromatic heterocycles. The van der Waals surface area contributed by atoms with Gasteiger partial charge in [0.15, 0.2) is 11.5 Å². The van der Waals surface area contributed by atoms with E-state index in [2.05, 4.69) is 4.98 Å². The SMILES string of the molecule is COc1ccc(-c2[nH]c(=O)cc3c2[C@H](SC)N(C)C3=O)cc1OC. The van der Waals surface area contributed by atoms with Gasteiger partial charge in [-0.15, -0.1) is 11.8 Å². The number of hydrogen-bond donors (Lipinski definition) is 1. The molecule has 0 spiro atoms. The van der Waals surface area contributed by atoms with E-state index in [4.69, 9.17) is 9.47 Å². The maximum Gasteiger partial charge on any atom is 0.255 e. The van der Waals surface area contributed by atoms with E-state index in [9.17, 15) is 9.59 Å². The molecule has 0 radical (unpaired) electrons. The summed E-state index contributed by atoms with van der Waals surface area (Å²) in [4.78, 5) is 29.0. The second-order valence-corrected chi connectivity index (χ2v) is 6.33. The maximum atomic E-state index is 12.4. The molecule has 1 aromatic carbocycles. The van der Waals surface area contributed by atoms with Gasteiger partial charge in [0.2, 0.25) is 5.56 Å². The van der Waals surface area contributed by atoms with E-state index in [1.807, 2.05) is 12.3 Å². The van der Waals surface area contributed by atoms with Crippen LogP contribution < -0.4 is 15.0 Å². The Hall–Kier alpha value is -2.41. The summed E-state index contributed by atoms with van der Waals surface area (Å²) in [5, 5.41) is -0.146. The highest BCUT2D eigenvalue weighted by Crippen LogP contribution is 2.43. The van der Waals surface area contributed by atoms with Crippen LogP contribution in [0.15, 0.2) is 29.1 Å². The molecule has 24 heavy (non-hydrogen) atoms. The highest BCUT2D eigenvalue weighted by Gasteiger charge is 2.37. The van der Waals surface area contributed by atoms with E-state index in [-0.39, 0.29) is 16.8 Å². The van der Waals surface area contributed by atoms with Gasteiger partial charge < -0.3 is 19.4 Å². The number of amides is 1. The van der Waals surface area contributed by atoms with E-state index in [1.165, 1.54) is 6.07 Å². The smallest absolute Gasteiger partial charge is 0.255 e. The van der Waals surface area contributed by atoms with Crippen LogP contribution >= 0.6 is 11.8 Å². The van der Waals surface area contributed by atoms with Crippen LogP contribution in [0.2, 0.25) is 0 Å². The number of aromatic nitrogens is 1. The van der Waals surface area contributed by atoms with Gasteiger partial charge in [0.1, 0.15) is 5.37 Å². The molecule has 0 saturated heterocycles. The number of H-pyrrole nitrogens is 1. The number of aromatic amines is 1. The maximum absolute atomic E-state index is 12.4. The van der Waals surface area contributed by atoms with E-state index in [0.29, 0.717) is 22.8 Å². The first kappa shape index (κ1) is 16.4. The third kappa shape index (κ3) is 2.45. The van der Waals surface area contributed by atoms with Crippen molar-refractivity contribution in [3.63, 3.8) is 0 Å². The minimum absolute atomic E-state index is 0.142. The lowest BCUT2D eigenvalue weighted by Crippen LogP contribution is -2.21. The second-order valence-electron chi connectivity index (χ2n) is 5.41. The number of benzene rings is 1. The van der Waals surface area contributed by atoms with Gasteiger partial charge in [-0.05, 0) is 24.5 Å². The Morgan fingerprint density at radius 3 is 2.46 bits per heavy atom. The molecule has 2 aromatic rings. The van der Waals surface area contributed by atoms with Crippen LogP contribution in [0.5, 0.6) is 11.5 Å². The van der Waals surface area contributed by atoms with Crippen molar-refractivity contribution in [2.24, 2.45) is 0 Å². The summed E-state index contributed by atoms with van der Waals surface area (Å²) in [5.74, 6) is 1.02. The fourth-order valence-corrected chi connectivity index (χ4v) is 3.88. The molecule has 1 amide bonds. The summed E-state index contributed by atoms with van der Waals surface area (Å²) >= 11 is 1.55. The molecule has 6 nitrogen and oxygen atoms in total. The normalized spacial score (nSPS) is 16.2. The molecule has 0 unspecified atom stereocenters. The third-order valence-electron chi connectivity index (χ3n) is 4.13. The van der Waals surface area contributed by atoms with Crippen molar-refractivity contribution in [2.75, 3.05) is 27.5 Å². The first-order valence-corrected chi connectivity index (χ1v) is 8.60. The molecule has 1 N–H and O–H groups in total. The van der Waals surface area contributed by atoms with E-state index in [1.54, 1.807) is 50.1 Å². The predicted octanol–water partition coefficient (Wildman–Crippen LogP) is 2.51. The van der Waals surface area contributed by atoms with Gasteiger partial charge in [0, 0.05) is 24.2 Å². The zero-order chi connectivity index (χ0) is 17.4. The molecular weight excluding hydrogens is 328 g/mol. The van der Waals surface area contributed by atoms with Gasteiger partial charge in [-0.25, -0.2) is 0 Å². The molecule has 0 saturated carbocycles. The number of hydrogen-bond acceptors (Lipinski definition) is 5. The fraction of sp³-hybridized carbons (Fsp3) is 0.294. The summed E-state index contributed by atoms with van der Waals surface area (Å²) in [6.45, 7) is 0. The number of fused-ring (bicyclic) bond motifs is 1. The van der Waals surface area contributed by atoms with Crippen LogP contribution in [0, 0.1) is 0 Å². The third-order valence-corrected chi connectivity index (χ3v) is 5.13. The number of ether oxygens (including phenoxy) is 2. The van der Waals surface area contributed by atoms with Crippen molar-refractivity contribution in [3.8, 4) is 22.8 Å². The fourth-order valence-electron chi connectivity index (χ4n) is 2.99. The van der Waals surface area contributed by atoms with Crippen LogP contribution in [0.3, 0.4) is 0 Å². The van der Waals surface area contributed by atoms with E-state index < -0.39 is 0 Å². The molecule has 0 aliphatic carbocycles. The van der Waals surface area contributed by atoms with Crippen LogP contribution in [-0.4, -0.2) is 43.3 Å². The summed E-state index contributed by atoms with van der Waals surface area (Å²) in [6, 6.07) is 6.78. The Morgan fingerprint density at radius 1 is 1.12 bits per heavy atom. The van der Waals surface area contributed by atoms with Crippen LogP contribution in [0.25, 0.3) is 11.3 Å². The molecule has 126 valence electrons. The molecule has 1 aliphatic rings. The number of carbonyl (C=O) groups is 1. The summed E-state index contributed by atoms with van der Waals surface area (Å²) in [5.41, 5.74) is 2.37. The number of carbonyl (C=O) groups excluding carboxylic acids is 1. The van der Waals surface area contributed by atoms with Gasteiger partial charge in [-0.2, -0.15) is 0 Å². The number of nitrogens with one attached hydrogen (secondary N) is 1. The topological polar surface area (TPSA) is 71.6 Å². The van der Waals surface area contributed by atoms with Gasteiger partial charge in [0.05, 0.1) is 25.5 Å². The van der Waals surface area contributed by atoms with Crippen molar-refractivity contribution in [2.45, 2.75) is 5.37 Å². The second kappa shape index (κ2) is 6.24. The number of pyridine rings is 1. The standard InChI is InChI=1S/C17H18N2O4S/c1-19-16(21)10-8-13(20)18-15(14(10)17(19)24-4)9-5-6-11(22-2)12(7-9)23-3/h5-8,17H,1-4H3,(H,18,20)/t17-/m0/s1. The van der Waals surface area contributed by atoms with Crippen LogP contribution in [-0.2, 0) is 0 Å². The van der Waals surface area contributed by atoms with Gasteiger partial charge in [-0.3, -0.25) is 9.59 Å². The van der Waals surface area contributed by atoms with Crippen molar-refractivity contribution < 1.29 is 14.3 Å². The quantitative estimate of drug-likeness (QED) is 0.921. The first-order valence-electron chi connectivity index (χ1n) is 7.31. The lowest BCUT2D eigenvalue weighted by molar-refractivity contribution is 0.0813.